The van der Waals surface area contributed by atoms with Crippen LogP contribution < -0.4 is 5.32 Å². The minimum atomic E-state index is 0.281. The summed E-state index contributed by atoms with van der Waals surface area (Å²) in [4.78, 5) is 1.28. The SMILES string of the molecule is CCCNC(C)c1ccc(SCCCO)cc1. The molecular formula is C14H23NOS. The van der Waals surface area contributed by atoms with E-state index in [4.69, 9.17) is 5.11 Å². The summed E-state index contributed by atoms with van der Waals surface area (Å²) in [6.45, 7) is 5.72. The molecule has 0 bridgehead atoms. The molecule has 0 radical (unpaired) electrons. The number of benzene rings is 1. The molecule has 1 atom stereocenters. The number of thioether (sulfide) groups is 1. The smallest absolute Gasteiger partial charge is 0.0439 e. The zero-order valence-corrected chi connectivity index (χ0v) is 11.6. The first-order valence-electron chi connectivity index (χ1n) is 6.35. The molecule has 1 rings (SSSR count). The van der Waals surface area contributed by atoms with Crippen LogP contribution in [-0.4, -0.2) is 24.0 Å². The van der Waals surface area contributed by atoms with Crippen LogP contribution in [0.1, 0.15) is 38.3 Å². The highest BCUT2D eigenvalue weighted by Gasteiger charge is 2.03. The third-order valence-corrected chi connectivity index (χ3v) is 3.75. The zero-order chi connectivity index (χ0) is 12.5. The molecule has 96 valence electrons. The van der Waals surface area contributed by atoms with Crippen molar-refractivity contribution in [1.82, 2.24) is 5.32 Å². The topological polar surface area (TPSA) is 32.3 Å². The van der Waals surface area contributed by atoms with Gasteiger partial charge in [0.1, 0.15) is 0 Å². The predicted molar refractivity (Wildman–Crippen MR) is 75.6 cm³/mol. The Morgan fingerprint density at radius 3 is 2.59 bits per heavy atom. The molecule has 1 aromatic rings. The van der Waals surface area contributed by atoms with Crippen molar-refractivity contribution in [2.75, 3.05) is 18.9 Å². The quantitative estimate of drug-likeness (QED) is 0.551. The van der Waals surface area contributed by atoms with E-state index in [1.807, 2.05) is 0 Å². The van der Waals surface area contributed by atoms with Gasteiger partial charge >= 0.3 is 0 Å². The number of hydrogen-bond acceptors (Lipinski definition) is 3. The number of aliphatic hydroxyl groups excluding tert-OH is 1. The molecule has 2 nitrogen and oxygen atoms in total. The first-order chi connectivity index (χ1) is 8.27. The van der Waals surface area contributed by atoms with Gasteiger partial charge in [0.25, 0.3) is 0 Å². The molecule has 0 amide bonds. The molecule has 0 aliphatic heterocycles. The van der Waals surface area contributed by atoms with Gasteiger partial charge < -0.3 is 10.4 Å². The van der Waals surface area contributed by atoms with E-state index in [0.717, 1.165) is 18.7 Å². The molecule has 0 saturated heterocycles. The van der Waals surface area contributed by atoms with Crippen molar-refractivity contribution in [3.05, 3.63) is 29.8 Å². The minimum Gasteiger partial charge on any atom is -0.396 e. The fraction of sp³-hybridized carbons (Fsp3) is 0.571. The molecule has 0 aliphatic carbocycles. The van der Waals surface area contributed by atoms with Gasteiger partial charge in [0.05, 0.1) is 0 Å². The molecule has 0 fully saturated rings. The van der Waals surface area contributed by atoms with Gasteiger partial charge in [-0.1, -0.05) is 19.1 Å². The summed E-state index contributed by atoms with van der Waals surface area (Å²) in [7, 11) is 0. The van der Waals surface area contributed by atoms with E-state index >= 15 is 0 Å². The van der Waals surface area contributed by atoms with Crippen molar-refractivity contribution in [1.29, 1.82) is 0 Å². The zero-order valence-electron chi connectivity index (χ0n) is 10.8. The molecule has 0 aliphatic rings. The van der Waals surface area contributed by atoms with Gasteiger partial charge in [-0.2, -0.15) is 0 Å². The fourth-order valence-corrected chi connectivity index (χ4v) is 2.42. The van der Waals surface area contributed by atoms with Crippen molar-refractivity contribution < 1.29 is 5.11 Å². The van der Waals surface area contributed by atoms with Crippen molar-refractivity contribution in [2.24, 2.45) is 0 Å². The van der Waals surface area contributed by atoms with Gasteiger partial charge in [0.2, 0.25) is 0 Å². The Kier molecular flexibility index (Phi) is 7.33. The number of aliphatic hydroxyl groups is 1. The highest BCUT2D eigenvalue weighted by Crippen LogP contribution is 2.21. The lowest BCUT2D eigenvalue weighted by atomic mass is 10.1. The van der Waals surface area contributed by atoms with Crippen LogP contribution in [0.3, 0.4) is 0 Å². The molecular weight excluding hydrogens is 230 g/mol. The predicted octanol–water partition coefficient (Wildman–Crippen LogP) is 3.22. The van der Waals surface area contributed by atoms with Crippen molar-refractivity contribution >= 4 is 11.8 Å². The van der Waals surface area contributed by atoms with E-state index in [2.05, 4.69) is 43.4 Å². The Morgan fingerprint density at radius 2 is 2.00 bits per heavy atom. The van der Waals surface area contributed by atoms with Gasteiger partial charge in [-0.25, -0.2) is 0 Å². The van der Waals surface area contributed by atoms with E-state index in [9.17, 15) is 0 Å². The average Bonchev–Trinajstić information content (AvgIpc) is 2.37. The summed E-state index contributed by atoms with van der Waals surface area (Å²) >= 11 is 1.80. The molecule has 0 spiro atoms. The molecule has 2 N–H and O–H groups in total. The minimum absolute atomic E-state index is 0.281. The van der Waals surface area contributed by atoms with Crippen LogP contribution >= 0.6 is 11.8 Å². The van der Waals surface area contributed by atoms with Crippen LogP contribution in [0.4, 0.5) is 0 Å². The third kappa shape index (κ3) is 5.57. The van der Waals surface area contributed by atoms with Crippen LogP contribution in [0.5, 0.6) is 0 Å². The van der Waals surface area contributed by atoms with Crippen LogP contribution in [0.25, 0.3) is 0 Å². The molecule has 0 heterocycles. The van der Waals surface area contributed by atoms with Crippen molar-refractivity contribution in [3.8, 4) is 0 Å². The van der Waals surface area contributed by atoms with E-state index in [1.165, 1.54) is 16.9 Å². The third-order valence-electron chi connectivity index (χ3n) is 2.65. The summed E-state index contributed by atoms with van der Waals surface area (Å²) in [6, 6.07) is 9.14. The van der Waals surface area contributed by atoms with E-state index in [1.54, 1.807) is 11.8 Å². The first-order valence-corrected chi connectivity index (χ1v) is 7.33. The molecule has 1 unspecified atom stereocenters. The van der Waals surface area contributed by atoms with E-state index < -0.39 is 0 Å². The monoisotopic (exact) mass is 253 g/mol. The molecule has 0 saturated carbocycles. The first kappa shape index (κ1) is 14.6. The van der Waals surface area contributed by atoms with Crippen LogP contribution in [0.15, 0.2) is 29.2 Å². The lowest BCUT2D eigenvalue weighted by Gasteiger charge is -2.13. The molecule has 0 aromatic heterocycles. The molecule has 3 heteroatoms. The Hall–Kier alpha value is -0.510. The van der Waals surface area contributed by atoms with Gasteiger partial charge in [0, 0.05) is 23.3 Å². The lowest BCUT2D eigenvalue weighted by Crippen LogP contribution is -2.19. The van der Waals surface area contributed by atoms with Gasteiger partial charge in [0.15, 0.2) is 0 Å². The normalized spacial score (nSPS) is 12.6. The molecule has 17 heavy (non-hydrogen) atoms. The summed E-state index contributed by atoms with van der Waals surface area (Å²) < 4.78 is 0. The van der Waals surface area contributed by atoms with Crippen molar-refractivity contribution in [2.45, 2.75) is 37.6 Å². The standard InChI is InChI=1S/C14H23NOS/c1-3-9-15-12(2)13-5-7-14(8-6-13)17-11-4-10-16/h5-8,12,15-16H,3-4,9-11H2,1-2H3. The number of rotatable bonds is 8. The van der Waals surface area contributed by atoms with E-state index in [0.29, 0.717) is 6.04 Å². The maximum atomic E-state index is 8.72. The van der Waals surface area contributed by atoms with Gasteiger partial charge in [-0.15, -0.1) is 11.8 Å². The Balaban J connectivity index is 2.43. The second-order valence-electron chi connectivity index (χ2n) is 4.17. The number of nitrogens with one attached hydrogen (secondary N) is 1. The number of hydrogen-bond donors (Lipinski definition) is 2. The second kappa shape index (κ2) is 8.56. The lowest BCUT2D eigenvalue weighted by molar-refractivity contribution is 0.296. The maximum absolute atomic E-state index is 8.72. The van der Waals surface area contributed by atoms with E-state index in [-0.39, 0.29) is 6.61 Å². The highest BCUT2D eigenvalue weighted by atomic mass is 32.2. The average molecular weight is 253 g/mol. The Bertz CT molecular complexity index is 300. The highest BCUT2D eigenvalue weighted by molar-refractivity contribution is 7.99. The second-order valence-corrected chi connectivity index (χ2v) is 5.34. The summed E-state index contributed by atoms with van der Waals surface area (Å²) in [6.07, 6.45) is 2.03. The molecule has 1 aromatic carbocycles. The largest absolute Gasteiger partial charge is 0.396 e. The summed E-state index contributed by atoms with van der Waals surface area (Å²) in [5.74, 6) is 0.986. The van der Waals surface area contributed by atoms with Gasteiger partial charge in [-0.05, 0) is 44.0 Å². The summed E-state index contributed by atoms with van der Waals surface area (Å²) in [5, 5.41) is 12.2. The fourth-order valence-electron chi connectivity index (χ4n) is 1.59. The van der Waals surface area contributed by atoms with Gasteiger partial charge in [-0.3, -0.25) is 0 Å². The maximum Gasteiger partial charge on any atom is 0.0439 e. The summed E-state index contributed by atoms with van der Waals surface area (Å²) in [5.41, 5.74) is 1.34. The van der Waals surface area contributed by atoms with Crippen LogP contribution in [0, 0.1) is 0 Å². The Labute approximate surface area is 109 Å². The van der Waals surface area contributed by atoms with Crippen LogP contribution in [-0.2, 0) is 0 Å². The van der Waals surface area contributed by atoms with Crippen LogP contribution in [0.2, 0.25) is 0 Å². The Morgan fingerprint density at radius 1 is 1.29 bits per heavy atom. The van der Waals surface area contributed by atoms with Crippen molar-refractivity contribution in [3.63, 3.8) is 0 Å².